The Hall–Kier alpha value is 0.200. The van der Waals surface area contributed by atoms with E-state index in [2.05, 4.69) is 47.8 Å². The van der Waals surface area contributed by atoms with E-state index in [-0.39, 0.29) is 0 Å². The minimum atomic E-state index is 0.732. The van der Waals surface area contributed by atoms with Crippen molar-refractivity contribution in [1.29, 1.82) is 0 Å². The summed E-state index contributed by atoms with van der Waals surface area (Å²) in [4.78, 5) is 0. The van der Waals surface area contributed by atoms with E-state index in [0.29, 0.717) is 0 Å². The number of hydrogen-bond donors (Lipinski definition) is 0. The van der Waals surface area contributed by atoms with Crippen molar-refractivity contribution < 1.29 is 4.42 Å². The molecule has 0 aliphatic rings. The van der Waals surface area contributed by atoms with Gasteiger partial charge in [0, 0.05) is 9.86 Å². The zero-order chi connectivity index (χ0) is 8.72. The highest BCUT2D eigenvalue weighted by Crippen LogP contribution is 2.35. The fraction of sp³-hybridized carbons (Fsp3) is 0. The third-order valence-corrected chi connectivity index (χ3v) is 3.92. The third kappa shape index (κ3) is 1.36. The van der Waals surface area contributed by atoms with Gasteiger partial charge in [0.1, 0.15) is 5.58 Å². The van der Waals surface area contributed by atoms with Crippen molar-refractivity contribution >= 4 is 58.8 Å². The van der Waals surface area contributed by atoms with E-state index in [9.17, 15) is 0 Å². The van der Waals surface area contributed by atoms with Gasteiger partial charge in [0.05, 0.1) is 4.47 Å². The lowest BCUT2D eigenvalue weighted by Gasteiger charge is -1.88. The lowest BCUT2D eigenvalue weighted by Crippen LogP contribution is -1.64. The second-order valence-electron chi connectivity index (χ2n) is 2.33. The maximum atomic E-state index is 5.42. The highest BCUT2D eigenvalue weighted by Gasteiger charge is 2.08. The van der Waals surface area contributed by atoms with Crippen molar-refractivity contribution in [3.05, 3.63) is 31.8 Å². The molecular weight excluding hydrogens is 352 g/mol. The molecule has 0 bridgehead atoms. The summed E-state index contributed by atoms with van der Waals surface area (Å²) in [5, 5.41) is 1.07. The van der Waals surface area contributed by atoms with Crippen LogP contribution in [0, 0.1) is 0 Å². The minimum Gasteiger partial charge on any atom is -0.448 e. The topological polar surface area (TPSA) is 13.1 Å². The smallest absolute Gasteiger partial charge is 0.184 e. The fourth-order valence-corrected chi connectivity index (χ4v) is 2.15. The molecule has 12 heavy (non-hydrogen) atoms. The maximum Gasteiger partial charge on any atom is 0.184 e. The number of furan rings is 1. The molecule has 4 heteroatoms. The number of hydrogen-bond acceptors (Lipinski definition) is 1. The zero-order valence-corrected chi connectivity index (χ0v) is 10.5. The normalized spacial score (nSPS) is 10.9. The van der Waals surface area contributed by atoms with Crippen LogP contribution < -0.4 is 0 Å². The SMILES string of the molecule is Brc1ccc2c(Br)c(Br)oc2c1. The molecule has 1 heterocycles. The van der Waals surface area contributed by atoms with Gasteiger partial charge in [-0.15, -0.1) is 0 Å². The van der Waals surface area contributed by atoms with Gasteiger partial charge in [-0.05, 0) is 50.1 Å². The minimum absolute atomic E-state index is 0.732. The predicted molar refractivity (Wildman–Crippen MR) is 59.3 cm³/mol. The molecule has 0 radical (unpaired) electrons. The van der Waals surface area contributed by atoms with Crippen molar-refractivity contribution in [1.82, 2.24) is 0 Å². The van der Waals surface area contributed by atoms with E-state index in [1.807, 2.05) is 18.2 Å². The molecule has 0 saturated carbocycles. The van der Waals surface area contributed by atoms with Gasteiger partial charge in [-0.25, -0.2) is 0 Å². The largest absolute Gasteiger partial charge is 0.448 e. The lowest BCUT2D eigenvalue weighted by molar-refractivity contribution is 0.585. The first-order chi connectivity index (χ1) is 5.68. The van der Waals surface area contributed by atoms with Crippen molar-refractivity contribution in [3.63, 3.8) is 0 Å². The summed E-state index contributed by atoms with van der Waals surface area (Å²) in [6.07, 6.45) is 0. The van der Waals surface area contributed by atoms with Crippen LogP contribution in [0.25, 0.3) is 11.0 Å². The Morgan fingerprint density at radius 3 is 2.58 bits per heavy atom. The van der Waals surface area contributed by atoms with E-state index in [1.54, 1.807) is 0 Å². The molecule has 1 aromatic heterocycles. The number of fused-ring (bicyclic) bond motifs is 1. The van der Waals surface area contributed by atoms with Gasteiger partial charge >= 0.3 is 0 Å². The Kier molecular flexibility index (Phi) is 2.31. The Balaban J connectivity index is 2.87. The standard InChI is InChI=1S/C8H3Br3O/c9-4-1-2-5-6(3-4)12-8(11)7(5)10/h1-3H. The van der Waals surface area contributed by atoms with Gasteiger partial charge in [-0.1, -0.05) is 15.9 Å². The Labute approximate surface area is 94.5 Å². The van der Waals surface area contributed by atoms with Crippen molar-refractivity contribution in [2.45, 2.75) is 0 Å². The van der Waals surface area contributed by atoms with E-state index in [0.717, 1.165) is 24.6 Å². The average Bonchev–Trinajstić information content (AvgIpc) is 2.28. The van der Waals surface area contributed by atoms with Gasteiger partial charge in [0.15, 0.2) is 4.67 Å². The monoisotopic (exact) mass is 352 g/mol. The first kappa shape index (κ1) is 8.78. The molecule has 0 amide bonds. The maximum absolute atomic E-state index is 5.42. The van der Waals surface area contributed by atoms with Crippen LogP contribution in [-0.4, -0.2) is 0 Å². The molecule has 0 aliphatic carbocycles. The lowest BCUT2D eigenvalue weighted by atomic mass is 10.3. The molecule has 1 aromatic carbocycles. The van der Waals surface area contributed by atoms with Crippen molar-refractivity contribution in [3.8, 4) is 0 Å². The fourth-order valence-electron chi connectivity index (χ4n) is 1.01. The number of rotatable bonds is 0. The molecule has 62 valence electrons. The second kappa shape index (κ2) is 3.16. The van der Waals surface area contributed by atoms with Crippen LogP contribution in [0.4, 0.5) is 0 Å². The van der Waals surface area contributed by atoms with E-state index in [4.69, 9.17) is 4.42 Å². The van der Waals surface area contributed by atoms with Crippen molar-refractivity contribution in [2.24, 2.45) is 0 Å². The molecule has 0 saturated heterocycles. The van der Waals surface area contributed by atoms with Gasteiger partial charge in [0.2, 0.25) is 0 Å². The Morgan fingerprint density at radius 2 is 1.83 bits per heavy atom. The summed E-state index contributed by atoms with van der Waals surface area (Å²) in [7, 11) is 0. The zero-order valence-electron chi connectivity index (χ0n) is 5.77. The average molecular weight is 355 g/mol. The van der Waals surface area contributed by atoms with Crippen molar-refractivity contribution in [2.75, 3.05) is 0 Å². The van der Waals surface area contributed by atoms with Gasteiger partial charge < -0.3 is 4.42 Å². The first-order valence-corrected chi connectivity index (χ1v) is 5.59. The summed E-state index contributed by atoms with van der Waals surface area (Å²) in [5.74, 6) is 0. The number of halogens is 3. The Bertz CT molecular complexity index is 433. The molecule has 0 aliphatic heterocycles. The molecule has 0 unspecified atom stereocenters. The highest BCUT2D eigenvalue weighted by molar-refractivity contribution is 9.13. The molecule has 0 fully saturated rings. The first-order valence-electron chi connectivity index (χ1n) is 3.21. The van der Waals surface area contributed by atoms with Crippen LogP contribution in [0.5, 0.6) is 0 Å². The predicted octanol–water partition coefficient (Wildman–Crippen LogP) is 4.72. The van der Waals surface area contributed by atoms with Crippen LogP contribution in [0.15, 0.2) is 36.2 Å². The summed E-state index contributed by atoms with van der Waals surface area (Å²) in [6, 6.07) is 5.91. The number of benzene rings is 1. The molecule has 0 N–H and O–H groups in total. The highest BCUT2D eigenvalue weighted by atomic mass is 79.9. The third-order valence-electron chi connectivity index (χ3n) is 1.55. The van der Waals surface area contributed by atoms with Crippen LogP contribution >= 0.6 is 47.8 Å². The van der Waals surface area contributed by atoms with Crippen LogP contribution in [0.2, 0.25) is 0 Å². The molecule has 0 spiro atoms. The molecule has 0 atom stereocenters. The Morgan fingerprint density at radius 1 is 1.08 bits per heavy atom. The molecule has 2 rings (SSSR count). The summed E-state index contributed by atoms with van der Waals surface area (Å²) < 4.78 is 8.13. The quantitative estimate of drug-likeness (QED) is 0.667. The molecular formula is C8H3Br3O. The summed E-state index contributed by atoms with van der Waals surface area (Å²) in [5.41, 5.74) is 0.864. The van der Waals surface area contributed by atoms with E-state index < -0.39 is 0 Å². The molecule has 2 aromatic rings. The summed E-state index contributed by atoms with van der Waals surface area (Å²) in [6.45, 7) is 0. The van der Waals surface area contributed by atoms with E-state index >= 15 is 0 Å². The van der Waals surface area contributed by atoms with E-state index in [1.165, 1.54) is 0 Å². The van der Waals surface area contributed by atoms with Gasteiger partial charge in [0.25, 0.3) is 0 Å². The molecule has 1 nitrogen and oxygen atoms in total. The van der Waals surface area contributed by atoms with Crippen LogP contribution in [0.1, 0.15) is 0 Å². The summed E-state index contributed by atoms with van der Waals surface area (Å²) >= 11 is 10.1. The van der Waals surface area contributed by atoms with Crippen LogP contribution in [0.3, 0.4) is 0 Å². The van der Waals surface area contributed by atoms with Gasteiger partial charge in [-0.3, -0.25) is 0 Å². The van der Waals surface area contributed by atoms with Gasteiger partial charge in [-0.2, -0.15) is 0 Å². The second-order valence-corrected chi connectivity index (χ2v) is 4.76. The van der Waals surface area contributed by atoms with Crippen LogP contribution in [-0.2, 0) is 0 Å².